The lowest BCUT2D eigenvalue weighted by Gasteiger charge is -2.14. The van der Waals surface area contributed by atoms with Gasteiger partial charge in [-0.3, -0.25) is 0 Å². The van der Waals surface area contributed by atoms with Crippen LogP contribution in [-0.4, -0.2) is 20.3 Å². The van der Waals surface area contributed by atoms with Gasteiger partial charge >= 0.3 is 0 Å². The maximum Gasteiger partial charge on any atom is 0.174 e. The lowest BCUT2D eigenvalue weighted by Crippen LogP contribution is -2.24. The highest BCUT2D eigenvalue weighted by Gasteiger charge is 2.10. The van der Waals surface area contributed by atoms with E-state index in [-0.39, 0.29) is 0 Å². The molecule has 1 N–H and O–H groups in total. The molecule has 1 unspecified atom stereocenters. The molecule has 0 heterocycles. The fourth-order valence-corrected chi connectivity index (χ4v) is 2.27. The van der Waals surface area contributed by atoms with Gasteiger partial charge in [0.05, 0.1) is 18.7 Å². The molecule has 98 valence electrons. The minimum atomic E-state index is 0.293. The highest BCUT2D eigenvalue weighted by atomic mass is 79.9. The van der Waals surface area contributed by atoms with Crippen LogP contribution in [0.15, 0.2) is 16.6 Å². The fraction of sp³-hybridized carbons (Fsp3) is 0.429. The van der Waals surface area contributed by atoms with Crippen molar-refractivity contribution in [2.45, 2.75) is 25.9 Å². The predicted molar refractivity (Wildman–Crippen MR) is 77.0 cm³/mol. The summed E-state index contributed by atoms with van der Waals surface area (Å²) in [5.41, 5.74) is 1.11. The molecule has 0 saturated carbocycles. The Morgan fingerprint density at radius 1 is 1.39 bits per heavy atom. The number of ether oxygens (including phenoxy) is 2. The van der Waals surface area contributed by atoms with Gasteiger partial charge < -0.3 is 14.8 Å². The third-order valence-corrected chi connectivity index (χ3v) is 3.16. The van der Waals surface area contributed by atoms with Gasteiger partial charge in [0, 0.05) is 19.0 Å². The van der Waals surface area contributed by atoms with Crippen LogP contribution in [0.5, 0.6) is 11.5 Å². The molecule has 0 saturated heterocycles. The first-order chi connectivity index (χ1) is 8.62. The van der Waals surface area contributed by atoms with E-state index in [0.29, 0.717) is 24.0 Å². The van der Waals surface area contributed by atoms with Gasteiger partial charge in [-0.2, -0.15) is 0 Å². The van der Waals surface area contributed by atoms with Gasteiger partial charge in [-0.15, -0.1) is 12.3 Å². The molecule has 0 amide bonds. The van der Waals surface area contributed by atoms with Crippen LogP contribution < -0.4 is 14.8 Å². The Kier molecular flexibility index (Phi) is 6.03. The van der Waals surface area contributed by atoms with Crippen molar-refractivity contribution < 1.29 is 9.47 Å². The third kappa shape index (κ3) is 3.94. The molecular weight excluding hydrogens is 294 g/mol. The minimum Gasteiger partial charge on any atom is -0.493 e. The zero-order chi connectivity index (χ0) is 13.5. The highest BCUT2D eigenvalue weighted by Crippen LogP contribution is 2.36. The van der Waals surface area contributed by atoms with E-state index >= 15 is 0 Å². The lowest BCUT2D eigenvalue weighted by molar-refractivity contribution is 0.352. The van der Waals surface area contributed by atoms with Gasteiger partial charge in [-0.1, -0.05) is 0 Å². The van der Waals surface area contributed by atoms with Gasteiger partial charge in [0.25, 0.3) is 0 Å². The van der Waals surface area contributed by atoms with Crippen LogP contribution in [-0.2, 0) is 6.54 Å². The molecule has 1 aromatic carbocycles. The largest absolute Gasteiger partial charge is 0.493 e. The zero-order valence-corrected chi connectivity index (χ0v) is 12.5. The zero-order valence-electron chi connectivity index (χ0n) is 10.9. The molecule has 3 nitrogen and oxygen atoms in total. The summed E-state index contributed by atoms with van der Waals surface area (Å²) in [4.78, 5) is 0. The van der Waals surface area contributed by atoms with Crippen molar-refractivity contribution in [2.75, 3.05) is 14.2 Å². The van der Waals surface area contributed by atoms with Crippen LogP contribution in [0.3, 0.4) is 0 Å². The second-order valence-corrected chi connectivity index (χ2v) is 4.86. The van der Waals surface area contributed by atoms with Crippen molar-refractivity contribution in [2.24, 2.45) is 0 Å². The Balaban J connectivity index is 2.79. The molecule has 1 rings (SSSR count). The van der Waals surface area contributed by atoms with E-state index in [2.05, 4.69) is 34.1 Å². The number of rotatable bonds is 6. The Bertz CT molecular complexity index is 440. The summed E-state index contributed by atoms with van der Waals surface area (Å²) in [5, 5.41) is 3.36. The molecule has 0 spiro atoms. The van der Waals surface area contributed by atoms with Crippen molar-refractivity contribution in [1.29, 1.82) is 0 Å². The van der Waals surface area contributed by atoms with Crippen molar-refractivity contribution in [1.82, 2.24) is 5.32 Å². The number of benzene rings is 1. The summed E-state index contributed by atoms with van der Waals surface area (Å²) in [5.74, 6) is 4.06. The second kappa shape index (κ2) is 7.30. The van der Waals surface area contributed by atoms with Gasteiger partial charge in [-0.25, -0.2) is 0 Å². The predicted octanol–water partition coefficient (Wildman–Crippen LogP) is 2.97. The molecule has 0 radical (unpaired) electrons. The van der Waals surface area contributed by atoms with Gasteiger partial charge in [0.15, 0.2) is 11.5 Å². The topological polar surface area (TPSA) is 30.5 Å². The summed E-state index contributed by atoms with van der Waals surface area (Å²) in [6.07, 6.45) is 5.99. The first-order valence-electron chi connectivity index (χ1n) is 5.69. The fourth-order valence-electron chi connectivity index (χ4n) is 1.61. The number of methoxy groups -OCH3 is 2. The summed E-state index contributed by atoms with van der Waals surface area (Å²) in [6, 6.07) is 4.26. The summed E-state index contributed by atoms with van der Waals surface area (Å²) in [7, 11) is 3.25. The maximum atomic E-state index is 5.30. The molecule has 4 heteroatoms. The maximum absolute atomic E-state index is 5.30. The molecule has 0 fully saturated rings. The molecular formula is C14H18BrNO2. The normalized spacial score (nSPS) is 11.7. The monoisotopic (exact) mass is 311 g/mol. The average molecular weight is 312 g/mol. The van der Waals surface area contributed by atoms with E-state index in [9.17, 15) is 0 Å². The van der Waals surface area contributed by atoms with Crippen LogP contribution in [0.2, 0.25) is 0 Å². The smallest absolute Gasteiger partial charge is 0.174 e. The van der Waals surface area contributed by atoms with E-state index in [4.69, 9.17) is 15.9 Å². The number of nitrogens with one attached hydrogen (secondary N) is 1. The van der Waals surface area contributed by atoms with E-state index < -0.39 is 0 Å². The third-order valence-electron chi connectivity index (χ3n) is 2.57. The first-order valence-corrected chi connectivity index (χ1v) is 6.49. The van der Waals surface area contributed by atoms with Gasteiger partial charge in [-0.05, 0) is 40.5 Å². The number of hydrogen-bond donors (Lipinski definition) is 1. The van der Waals surface area contributed by atoms with Gasteiger partial charge in [0.2, 0.25) is 0 Å². The quantitative estimate of drug-likeness (QED) is 0.819. The molecule has 0 bridgehead atoms. The minimum absolute atomic E-state index is 0.293. The Morgan fingerprint density at radius 3 is 2.67 bits per heavy atom. The van der Waals surface area contributed by atoms with Crippen molar-refractivity contribution in [3.05, 3.63) is 22.2 Å². The van der Waals surface area contributed by atoms with Crippen LogP contribution in [0.1, 0.15) is 18.9 Å². The van der Waals surface area contributed by atoms with Crippen molar-refractivity contribution in [3.63, 3.8) is 0 Å². The van der Waals surface area contributed by atoms with E-state index in [1.165, 1.54) is 0 Å². The molecule has 1 aromatic rings. The Hall–Kier alpha value is -1.18. The summed E-state index contributed by atoms with van der Waals surface area (Å²) < 4.78 is 11.4. The SMILES string of the molecule is C#CCC(C)NCc1cc(Br)c(OC)c(OC)c1. The van der Waals surface area contributed by atoms with Crippen LogP contribution in [0, 0.1) is 12.3 Å². The number of hydrogen-bond acceptors (Lipinski definition) is 3. The van der Waals surface area contributed by atoms with Crippen LogP contribution in [0.25, 0.3) is 0 Å². The molecule has 0 aliphatic heterocycles. The Labute approximate surface area is 117 Å². The van der Waals surface area contributed by atoms with E-state index in [1.807, 2.05) is 12.1 Å². The van der Waals surface area contributed by atoms with Crippen molar-refractivity contribution in [3.8, 4) is 23.8 Å². The van der Waals surface area contributed by atoms with Crippen LogP contribution >= 0.6 is 15.9 Å². The number of terminal acetylenes is 1. The summed E-state index contributed by atoms with van der Waals surface area (Å²) in [6.45, 7) is 2.80. The lowest BCUT2D eigenvalue weighted by atomic mass is 10.1. The van der Waals surface area contributed by atoms with E-state index in [0.717, 1.165) is 16.6 Å². The molecule has 18 heavy (non-hydrogen) atoms. The standard InChI is InChI=1S/C14H18BrNO2/c1-5-6-10(2)16-9-11-7-12(15)14(18-4)13(8-11)17-3/h1,7-8,10,16H,6,9H2,2-4H3. The molecule has 0 aromatic heterocycles. The molecule has 0 aliphatic carbocycles. The van der Waals surface area contributed by atoms with Crippen LogP contribution in [0.4, 0.5) is 0 Å². The highest BCUT2D eigenvalue weighted by molar-refractivity contribution is 9.10. The van der Waals surface area contributed by atoms with Gasteiger partial charge in [0.1, 0.15) is 0 Å². The van der Waals surface area contributed by atoms with Crippen molar-refractivity contribution >= 4 is 15.9 Å². The Morgan fingerprint density at radius 2 is 2.11 bits per heavy atom. The summed E-state index contributed by atoms with van der Waals surface area (Å²) >= 11 is 3.47. The number of halogens is 1. The second-order valence-electron chi connectivity index (χ2n) is 4.00. The first kappa shape index (κ1) is 14.9. The molecule has 1 atom stereocenters. The molecule has 0 aliphatic rings. The average Bonchev–Trinajstić information content (AvgIpc) is 2.36. The van der Waals surface area contributed by atoms with E-state index in [1.54, 1.807) is 14.2 Å².